The maximum atomic E-state index is 13.7. The molecule has 24 heteroatoms. The molecule has 196 valence electrons. The standard InChI is InChI=1S/C10H13F4N2O14P3S/c11-3-1-16(8(18)15-6(3)34)7-9(19,10(12,13)14)5(17)4(28-7)2-27-32(23,24)30-33(25,26)29-31(20,21)22/h1,4-5,7,17,19H,2H2,(H,23,24)(H,25,26)(H,15,18,34)(H2,20,21,22)/t4-,5?,7-,9?/m1/s1. The van der Waals surface area contributed by atoms with Gasteiger partial charge in [0.2, 0.25) is 5.60 Å². The lowest BCUT2D eigenvalue weighted by atomic mass is 9.93. The van der Waals surface area contributed by atoms with Gasteiger partial charge < -0.3 is 34.5 Å². The van der Waals surface area contributed by atoms with Crippen molar-refractivity contribution in [1.82, 2.24) is 9.55 Å². The average Bonchev–Trinajstić information content (AvgIpc) is 2.85. The van der Waals surface area contributed by atoms with E-state index in [1.54, 1.807) is 4.98 Å². The van der Waals surface area contributed by atoms with Gasteiger partial charge in [-0.1, -0.05) is 12.2 Å². The number of H-pyrrole nitrogens is 1. The third kappa shape index (κ3) is 6.45. The molecule has 6 atom stereocenters. The molecule has 1 aromatic heterocycles. The second-order valence-electron chi connectivity index (χ2n) is 6.33. The summed E-state index contributed by atoms with van der Waals surface area (Å²) >= 11 is 4.40. The predicted molar refractivity (Wildman–Crippen MR) is 96.6 cm³/mol. The van der Waals surface area contributed by atoms with Gasteiger partial charge in [0.1, 0.15) is 16.8 Å². The van der Waals surface area contributed by atoms with Crippen LogP contribution in [0, 0.1) is 10.5 Å². The number of phosphoric acid groups is 3. The Bertz CT molecular complexity index is 1200. The number of nitrogens with one attached hydrogen (secondary N) is 1. The molecule has 2 rings (SSSR count). The number of hydrogen-bond donors (Lipinski definition) is 7. The molecule has 16 nitrogen and oxygen atoms in total. The van der Waals surface area contributed by atoms with Gasteiger partial charge in [-0.25, -0.2) is 22.9 Å². The number of hydrogen-bond acceptors (Lipinski definition) is 11. The van der Waals surface area contributed by atoms with E-state index in [4.69, 9.17) is 19.4 Å². The molecule has 0 saturated carbocycles. The molecule has 7 N–H and O–H groups in total. The van der Waals surface area contributed by atoms with Crippen LogP contribution in [-0.4, -0.2) is 69.9 Å². The third-order valence-electron chi connectivity index (χ3n) is 3.93. The molecule has 1 aliphatic heterocycles. The highest BCUT2D eigenvalue weighted by Crippen LogP contribution is 2.66. The minimum Gasteiger partial charge on any atom is -0.387 e. The summed E-state index contributed by atoms with van der Waals surface area (Å²) in [5.41, 5.74) is -5.87. The van der Waals surface area contributed by atoms with E-state index in [9.17, 15) is 51.2 Å². The van der Waals surface area contributed by atoms with E-state index in [0.717, 1.165) is 0 Å². The van der Waals surface area contributed by atoms with Crippen molar-refractivity contribution in [3.8, 4) is 0 Å². The summed E-state index contributed by atoms with van der Waals surface area (Å²) in [7, 11) is -17.6. The first-order valence-corrected chi connectivity index (χ1v) is 12.9. The van der Waals surface area contributed by atoms with Crippen LogP contribution in [0.2, 0.25) is 0 Å². The topological polar surface area (TPSA) is 247 Å². The number of alkyl halides is 3. The van der Waals surface area contributed by atoms with Gasteiger partial charge in [0.05, 0.1) is 12.8 Å². The number of aromatic nitrogens is 2. The Kier molecular flexibility index (Phi) is 8.22. The van der Waals surface area contributed by atoms with E-state index >= 15 is 0 Å². The Morgan fingerprint density at radius 1 is 1.18 bits per heavy atom. The molecule has 1 aromatic rings. The normalized spacial score (nSPS) is 29.5. The van der Waals surface area contributed by atoms with E-state index < -0.39 is 76.4 Å². The van der Waals surface area contributed by atoms with E-state index in [1.165, 1.54) is 0 Å². The quantitative estimate of drug-likeness (QED) is 0.120. The van der Waals surface area contributed by atoms with Gasteiger partial charge in [-0.3, -0.25) is 14.1 Å². The molecular weight excluding hydrogens is 573 g/mol. The second-order valence-corrected chi connectivity index (χ2v) is 11.2. The van der Waals surface area contributed by atoms with Gasteiger partial charge in [-0.15, -0.1) is 0 Å². The number of aliphatic hydroxyl groups is 2. The molecule has 4 unspecified atom stereocenters. The monoisotopic (exact) mass is 586 g/mol. The number of ether oxygens (including phenoxy) is 1. The molecule has 0 radical (unpaired) electrons. The summed E-state index contributed by atoms with van der Waals surface area (Å²) in [5.74, 6) is -1.44. The SMILES string of the molecule is O=c1[nH]c(=S)c(F)cn1[C@@H]1O[C@H](COP(=O)(O)OP(=O)(O)OP(=O)(O)O)C(O)C1(O)C(F)(F)F. The molecule has 0 spiro atoms. The van der Waals surface area contributed by atoms with Crippen molar-refractivity contribution >= 4 is 35.7 Å². The summed E-state index contributed by atoms with van der Waals surface area (Å²) in [6.45, 7) is -1.63. The van der Waals surface area contributed by atoms with Crippen LogP contribution in [0.1, 0.15) is 6.23 Å². The van der Waals surface area contributed by atoms with Crippen LogP contribution in [0.3, 0.4) is 0 Å². The molecular formula is C10H13F4N2O14P3S. The number of nitrogens with zero attached hydrogens (tertiary/aromatic N) is 1. The Balaban J connectivity index is 2.33. The fourth-order valence-electron chi connectivity index (χ4n) is 2.59. The van der Waals surface area contributed by atoms with Crippen LogP contribution in [0.15, 0.2) is 11.0 Å². The lowest BCUT2D eigenvalue weighted by Crippen LogP contribution is -2.58. The van der Waals surface area contributed by atoms with Gasteiger partial charge in [0, 0.05) is 0 Å². The van der Waals surface area contributed by atoms with E-state index in [2.05, 4.69) is 25.4 Å². The Labute approximate surface area is 188 Å². The van der Waals surface area contributed by atoms with Crippen LogP contribution in [0.4, 0.5) is 17.6 Å². The first-order valence-electron chi connectivity index (χ1n) is 8.01. The van der Waals surface area contributed by atoms with Crippen molar-refractivity contribution in [2.75, 3.05) is 6.61 Å². The summed E-state index contributed by atoms with van der Waals surface area (Å²) < 4.78 is 103. The van der Waals surface area contributed by atoms with Crippen molar-refractivity contribution in [1.29, 1.82) is 0 Å². The molecule has 0 bridgehead atoms. The average molecular weight is 586 g/mol. The first kappa shape index (κ1) is 29.3. The molecule has 34 heavy (non-hydrogen) atoms. The van der Waals surface area contributed by atoms with Crippen molar-refractivity contribution in [2.24, 2.45) is 0 Å². The number of aromatic amines is 1. The lowest BCUT2D eigenvalue weighted by Gasteiger charge is -2.33. The highest BCUT2D eigenvalue weighted by atomic mass is 32.1. The summed E-state index contributed by atoms with van der Waals surface area (Å²) in [6.07, 6.45) is -14.1. The van der Waals surface area contributed by atoms with Crippen LogP contribution in [0.25, 0.3) is 0 Å². The molecule has 0 amide bonds. The van der Waals surface area contributed by atoms with Crippen LogP contribution in [0.5, 0.6) is 0 Å². The summed E-state index contributed by atoms with van der Waals surface area (Å²) in [5, 5.41) is 20.2. The van der Waals surface area contributed by atoms with Gasteiger partial charge in [-0.2, -0.15) is 21.8 Å². The summed E-state index contributed by atoms with van der Waals surface area (Å²) in [6, 6.07) is 0. The van der Waals surface area contributed by atoms with E-state index in [-0.39, 0.29) is 10.8 Å². The smallest absolute Gasteiger partial charge is 0.387 e. The van der Waals surface area contributed by atoms with Crippen LogP contribution < -0.4 is 5.69 Å². The minimum atomic E-state index is -5.98. The molecule has 1 aliphatic rings. The minimum absolute atomic E-state index is 0.111. The van der Waals surface area contributed by atoms with E-state index in [0.29, 0.717) is 0 Å². The number of phosphoric ester groups is 1. The predicted octanol–water partition coefficient (Wildman–Crippen LogP) is -0.0600. The van der Waals surface area contributed by atoms with Crippen LogP contribution in [-0.2, 0) is 31.6 Å². The Hall–Kier alpha value is -0.890. The molecule has 1 saturated heterocycles. The zero-order valence-corrected chi connectivity index (χ0v) is 19.2. The highest BCUT2D eigenvalue weighted by Gasteiger charge is 2.71. The fraction of sp³-hybridized carbons (Fsp3) is 0.600. The molecule has 0 aromatic carbocycles. The zero-order chi connectivity index (χ0) is 26.5. The number of halogens is 4. The Morgan fingerprint density at radius 2 is 1.74 bits per heavy atom. The zero-order valence-electron chi connectivity index (χ0n) is 15.7. The number of aliphatic hydroxyl groups excluding tert-OH is 1. The summed E-state index contributed by atoms with van der Waals surface area (Å²) in [4.78, 5) is 48.9. The van der Waals surface area contributed by atoms with Gasteiger partial charge in [0.25, 0.3) is 0 Å². The second kappa shape index (κ2) is 9.53. The van der Waals surface area contributed by atoms with Crippen molar-refractivity contribution in [3.05, 3.63) is 27.1 Å². The third-order valence-corrected chi connectivity index (χ3v) is 8.03. The first-order chi connectivity index (χ1) is 15.1. The van der Waals surface area contributed by atoms with Crippen molar-refractivity contribution in [2.45, 2.75) is 30.2 Å². The lowest BCUT2D eigenvalue weighted by molar-refractivity contribution is -0.304. The fourth-order valence-corrected chi connectivity index (χ4v) is 5.76. The van der Waals surface area contributed by atoms with Gasteiger partial charge >= 0.3 is 35.3 Å². The van der Waals surface area contributed by atoms with Crippen LogP contribution >= 0.6 is 35.7 Å². The molecule has 1 fully saturated rings. The highest BCUT2D eigenvalue weighted by molar-refractivity contribution is 7.71. The maximum Gasteiger partial charge on any atom is 0.490 e. The molecule has 2 heterocycles. The largest absolute Gasteiger partial charge is 0.490 e. The van der Waals surface area contributed by atoms with Gasteiger partial charge in [0.15, 0.2) is 12.0 Å². The van der Waals surface area contributed by atoms with Crippen molar-refractivity contribution in [3.63, 3.8) is 0 Å². The Morgan fingerprint density at radius 3 is 2.24 bits per heavy atom. The van der Waals surface area contributed by atoms with Gasteiger partial charge in [-0.05, 0) is 0 Å². The number of rotatable bonds is 8. The maximum absolute atomic E-state index is 13.7. The van der Waals surface area contributed by atoms with Crippen molar-refractivity contribution < 1.29 is 78.9 Å². The van der Waals surface area contributed by atoms with E-state index in [1.807, 2.05) is 0 Å². The molecule has 0 aliphatic carbocycles.